The third-order valence-corrected chi connectivity index (χ3v) is 4.86. The van der Waals surface area contributed by atoms with Crippen LogP contribution in [0.3, 0.4) is 0 Å². The molecule has 0 aliphatic rings. The fourth-order valence-electron chi connectivity index (χ4n) is 3.22. The monoisotopic (exact) mass is 415 g/mol. The second-order valence-corrected chi connectivity index (χ2v) is 7.06. The molecule has 0 atom stereocenters. The van der Waals surface area contributed by atoms with E-state index in [4.69, 9.17) is 4.42 Å². The van der Waals surface area contributed by atoms with E-state index in [2.05, 4.69) is 5.10 Å². The van der Waals surface area contributed by atoms with Crippen LogP contribution in [-0.2, 0) is 0 Å². The summed E-state index contributed by atoms with van der Waals surface area (Å²) in [6.07, 6.45) is 0.551. The topological polar surface area (TPSA) is 108 Å². The van der Waals surface area contributed by atoms with Crippen molar-refractivity contribution in [2.75, 3.05) is 0 Å². The Morgan fingerprint density at radius 1 is 1.00 bits per heavy atom. The van der Waals surface area contributed by atoms with Crippen LogP contribution in [0.5, 0.6) is 0 Å². The molecule has 0 aliphatic heterocycles. The molecule has 0 radical (unpaired) electrons. The number of carbonyl (C=O) groups excluding carboxylic acids is 2. The molecule has 4 aromatic rings. The van der Waals surface area contributed by atoms with Crippen molar-refractivity contribution in [3.63, 3.8) is 0 Å². The average molecular weight is 415 g/mol. The van der Waals surface area contributed by atoms with Gasteiger partial charge in [-0.1, -0.05) is 47.5 Å². The van der Waals surface area contributed by atoms with E-state index in [9.17, 15) is 19.7 Å². The van der Waals surface area contributed by atoms with E-state index < -0.39 is 16.6 Å². The minimum absolute atomic E-state index is 0.0173. The SMILES string of the molecule is Cc1ccc(C(=O)c2c(-c3ccc([N+](=O)[O-])o3)nn(-c3ccc(C)cc3)c2C=O)cc1. The summed E-state index contributed by atoms with van der Waals surface area (Å²) >= 11 is 0. The normalized spacial score (nSPS) is 10.8. The maximum atomic E-state index is 13.4. The Kier molecular flexibility index (Phi) is 5.04. The van der Waals surface area contributed by atoms with Gasteiger partial charge in [0.1, 0.15) is 16.3 Å². The number of hydrogen-bond donors (Lipinski definition) is 0. The molecule has 0 fully saturated rings. The molecule has 8 nitrogen and oxygen atoms in total. The molecule has 0 saturated heterocycles. The van der Waals surface area contributed by atoms with Crippen LogP contribution >= 0.6 is 0 Å². The molecule has 0 spiro atoms. The van der Waals surface area contributed by atoms with E-state index in [-0.39, 0.29) is 22.7 Å². The highest BCUT2D eigenvalue weighted by Crippen LogP contribution is 2.32. The maximum Gasteiger partial charge on any atom is 0.433 e. The molecule has 31 heavy (non-hydrogen) atoms. The third kappa shape index (κ3) is 3.66. The van der Waals surface area contributed by atoms with E-state index in [1.807, 2.05) is 26.0 Å². The van der Waals surface area contributed by atoms with Crippen molar-refractivity contribution >= 4 is 18.0 Å². The van der Waals surface area contributed by atoms with Gasteiger partial charge < -0.3 is 4.42 Å². The molecule has 2 aromatic heterocycles. The van der Waals surface area contributed by atoms with Gasteiger partial charge in [-0.25, -0.2) is 4.68 Å². The molecule has 4 rings (SSSR count). The molecular weight excluding hydrogens is 398 g/mol. The zero-order chi connectivity index (χ0) is 22.1. The minimum Gasteiger partial charge on any atom is -0.399 e. The number of aryl methyl sites for hydroxylation is 2. The summed E-state index contributed by atoms with van der Waals surface area (Å²) in [5.74, 6) is -0.896. The molecule has 8 heteroatoms. The van der Waals surface area contributed by atoms with Crippen LogP contribution in [0.1, 0.15) is 37.5 Å². The van der Waals surface area contributed by atoms with Gasteiger partial charge in [-0.2, -0.15) is 5.10 Å². The third-order valence-electron chi connectivity index (χ3n) is 4.86. The van der Waals surface area contributed by atoms with E-state index in [1.165, 1.54) is 16.8 Å². The molecule has 154 valence electrons. The Labute approximate surface area is 176 Å². The fraction of sp³-hybridized carbons (Fsp3) is 0.0870. The van der Waals surface area contributed by atoms with Crippen LogP contribution in [0.15, 0.2) is 65.1 Å². The van der Waals surface area contributed by atoms with Crippen LogP contribution in [0.25, 0.3) is 17.1 Å². The maximum absolute atomic E-state index is 13.4. The highest BCUT2D eigenvalue weighted by Gasteiger charge is 2.29. The summed E-state index contributed by atoms with van der Waals surface area (Å²) in [6, 6.07) is 16.7. The Bertz CT molecular complexity index is 1300. The second kappa shape index (κ2) is 7.83. The minimum atomic E-state index is -0.678. The molecule has 0 N–H and O–H groups in total. The van der Waals surface area contributed by atoms with E-state index in [1.54, 1.807) is 36.4 Å². The van der Waals surface area contributed by atoms with Crippen molar-refractivity contribution in [2.45, 2.75) is 13.8 Å². The number of carbonyl (C=O) groups is 2. The predicted octanol–water partition coefficient (Wildman–Crippen LogP) is 4.70. The Hall–Kier alpha value is -4.33. The molecule has 0 amide bonds. The smallest absolute Gasteiger partial charge is 0.399 e. The standard InChI is InChI=1S/C23H17N3O5/c1-14-3-7-16(8-4-14)23(28)21-18(13-27)25(17-9-5-15(2)6-10-17)24-22(21)19-11-12-20(31-19)26(29)30/h3-13H,1-2H3. The van der Waals surface area contributed by atoms with Gasteiger partial charge in [-0.3, -0.25) is 19.7 Å². The zero-order valence-electron chi connectivity index (χ0n) is 16.7. The first-order valence-electron chi connectivity index (χ1n) is 9.40. The van der Waals surface area contributed by atoms with Crippen LogP contribution in [-0.4, -0.2) is 26.8 Å². The van der Waals surface area contributed by atoms with Crippen LogP contribution in [0.4, 0.5) is 5.88 Å². The number of rotatable bonds is 6. The van der Waals surface area contributed by atoms with Gasteiger partial charge in [-0.05, 0) is 32.0 Å². The first-order valence-corrected chi connectivity index (χ1v) is 9.40. The van der Waals surface area contributed by atoms with Crippen LogP contribution < -0.4 is 0 Å². The van der Waals surface area contributed by atoms with Crippen molar-refractivity contribution in [1.82, 2.24) is 9.78 Å². The van der Waals surface area contributed by atoms with Gasteiger partial charge in [0, 0.05) is 5.56 Å². The molecule has 2 heterocycles. The molecule has 0 bridgehead atoms. The zero-order valence-corrected chi connectivity index (χ0v) is 16.7. The lowest BCUT2D eigenvalue weighted by Crippen LogP contribution is -2.08. The lowest BCUT2D eigenvalue weighted by Gasteiger charge is -2.05. The number of aromatic nitrogens is 2. The van der Waals surface area contributed by atoms with Crippen molar-refractivity contribution in [2.24, 2.45) is 0 Å². The summed E-state index contributed by atoms with van der Waals surface area (Å²) in [4.78, 5) is 35.9. The van der Waals surface area contributed by atoms with Crippen molar-refractivity contribution in [1.29, 1.82) is 0 Å². The first-order chi connectivity index (χ1) is 14.9. The summed E-state index contributed by atoms with van der Waals surface area (Å²) < 4.78 is 6.65. The summed E-state index contributed by atoms with van der Waals surface area (Å²) in [7, 11) is 0. The molecule has 2 aromatic carbocycles. The van der Waals surface area contributed by atoms with Crippen molar-refractivity contribution in [3.8, 4) is 17.1 Å². The molecular formula is C23H17N3O5. The summed E-state index contributed by atoms with van der Waals surface area (Å²) in [5.41, 5.74) is 3.02. The molecule has 0 unspecified atom stereocenters. The summed E-state index contributed by atoms with van der Waals surface area (Å²) in [6.45, 7) is 3.82. The predicted molar refractivity (Wildman–Crippen MR) is 113 cm³/mol. The highest BCUT2D eigenvalue weighted by atomic mass is 16.6. The number of hydrogen-bond acceptors (Lipinski definition) is 6. The number of nitro groups is 1. The number of ketones is 1. The number of aldehydes is 1. The second-order valence-electron chi connectivity index (χ2n) is 7.06. The Morgan fingerprint density at radius 2 is 1.61 bits per heavy atom. The first kappa shape index (κ1) is 20.0. The quantitative estimate of drug-likeness (QED) is 0.195. The van der Waals surface area contributed by atoms with Gasteiger partial charge in [0.2, 0.25) is 0 Å². The molecule has 0 saturated carbocycles. The lowest BCUT2D eigenvalue weighted by atomic mass is 9.99. The van der Waals surface area contributed by atoms with Crippen LogP contribution in [0, 0.1) is 24.0 Å². The Balaban J connectivity index is 1.96. The number of furan rings is 1. The largest absolute Gasteiger partial charge is 0.433 e. The molecule has 0 aliphatic carbocycles. The van der Waals surface area contributed by atoms with E-state index >= 15 is 0 Å². The van der Waals surface area contributed by atoms with Gasteiger partial charge in [0.05, 0.1) is 17.3 Å². The van der Waals surface area contributed by atoms with Gasteiger partial charge >= 0.3 is 5.88 Å². The van der Waals surface area contributed by atoms with Crippen molar-refractivity contribution < 1.29 is 18.9 Å². The van der Waals surface area contributed by atoms with E-state index in [0.717, 1.165) is 11.1 Å². The van der Waals surface area contributed by atoms with Crippen molar-refractivity contribution in [3.05, 3.63) is 98.7 Å². The Morgan fingerprint density at radius 3 is 2.16 bits per heavy atom. The van der Waals surface area contributed by atoms with Gasteiger partial charge in [-0.15, -0.1) is 0 Å². The fourth-order valence-corrected chi connectivity index (χ4v) is 3.22. The average Bonchev–Trinajstić information content (AvgIpc) is 3.39. The highest BCUT2D eigenvalue weighted by molar-refractivity contribution is 6.15. The summed E-state index contributed by atoms with van der Waals surface area (Å²) in [5, 5.41) is 15.5. The lowest BCUT2D eigenvalue weighted by molar-refractivity contribution is -0.401. The van der Waals surface area contributed by atoms with Gasteiger partial charge in [0.15, 0.2) is 17.8 Å². The number of benzene rings is 2. The van der Waals surface area contributed by atoms with Gasteiger partial charge in [0.25, 0.3) is 0 Å². The van der Waals surface area contributed by atoms with Crippen LogP contribution in [0.2, 0.25) is 0 Å². The number of nitrogens with zero attached hydrogens (tertiary/aromatic N) is 3. The van der Waals surface area contributed by atoms with E-state index in [0.29, 0.717) is 17.5 Å².